The second-order valence-corrected chi connectivity index (χ2v) is 14.0. The normalized spacial score (nSPS) is 14.7. The summed E-state index contributed by atoms with van der Waals surface area (Å²) >= 11 is 0. The molecule has 0 fully saturated rings. The summed E-state index contributed by atoms with van der Waals surface area (Å²) in [6.45, 7) is 3.99. The molecule has 0 radical (unpaired) electrons. The highest BCUT2D eigenvalue weighted by molar-refractivity contribution is 7.47. The zero-order chi connectivity index (χ0) is 31.2. The number of methoxy groups -OCH3 is 1. The number of hydrogen-bond donors (Lipinski definition) is 1. The van der Waals surface area contributed by atoms with Crippen LogP contribution < -0.4 is 0 Å². The number of unbranched alkanes of at least 4 members (excludes halogenated alkanes) is 16. The van der Waals surface area contributed by atoms with Gasteiger partial charge in [0.1, 0.15) is 19.3 Å². The Morgan fingerprint density at radius 3 is 1.57 bits per heavy atom. The van der Waals surface area contributed by atoms with Crippen molar-refractivity contribution >= 4 is 7.82 Å². The highest BCUT2D eigenvalue weighted by Gasteiger charge is 2.27. The SMILES string of the molecule is CCCCCCC=CCCCCCCCCCCC=CCCCCCOC[C@H](COC)OP(=O)(O)OCC[N+](C)(C)C. The molecule has 1 N–H and O–H groups in total. The zero-order valence-corrected chi connectivity index (χ0v) is 29.1. The summed E-state index contributed by atoms with van der Waals surface area (Å²) in [6.07, 6.45) is 33.3. The maximum absolute atomic E-state index is 12.2. The summed E-state index contributed by atoms with van der Waals surface area (Å²) in [5.74, 6) is 0. The van der Waals surface area contributed by atoms with Gasteiger partial charge in [0.05, 0.1) is 34.4 Å². The fourth-order valence-corrected chi connectivity index (χ4v) is 5.42. The molecular formula is C34H69NO6P+. The minimum atomic E-state index is -4.14. The lowest BCUT2D eigenvalue weighted by molar-refractivity contribution is -0.870. The van der Waals surface area contributed by atoms with Gasteiger partial charge in [0.25, 0.3) is 0 Å². The molecule has 0 spiro atoms. The number of rotatable bonds is 32. The molecule has 42 heavy (non-hydrogen) atoms. The van der Waals surface area contributed by atoms with Crippen LogP contribution in [0.5, 0.6) is 0 Å². The van der Waals surface area contributed by atoms with Crippen LogP contribution in [-0.4, -0.2) is 76.7 Å². The van der Waals surface area contributed by atoms with Crippen molar-refractivity contribution in [3.8, 4) is 0 Å². The number of ether oxygens (including phenoxy) is 2. The van der Waals surface area contributed by atoms with E-state index in [0.717, 1.165) is 25.7 Å². The molecule has 250 valence electrons. The van der Waals surface area contributed by atoms with Crippen molar-refractivity contribution in [2.45, 2.75) is 135 Å². The number of phosphoric acid groups is 1. The summed E-state index contributed by atoms with van der Waals surface area (Å²) in [5, 5.41) is 0. The van der Waals surface area contributed by atoms with Gasteiger partial charge in [-0.2, -0.15) is 0 Å². The van der Waals surface area contributed by atoms with Crippen LogP contribution in [0.25, 0.3) is 0 Å². The third kappa shape index (κ3) is 32.4. The number of likely N-dealkylation sites (N-methyl/N-ethyl adjacent to an activating group) is 1. The van der Waals surface area contributed by atoms with Gasteiger partial charge in [-0.1, -0.05) is 95.4 Å². The van der Waals surface area contributed by atoms with E-state index in [1.807, 2.05) is 21.1 Å². The molecule has 0 bridgehead atoms. The molecule has 8 heteroatoms. The molecule has 7 nitrogen and oxygen atoms in total. The molecule has 1 unspecified atom stereocenters. The van der Waals surface area contributed by atoms with Gasteiger partial charge in [0.2, 0.25) is 0 Å². The lowest BCUT2D eigenvalue weighted by Crippen LogP contribution is -2.37. The Morgan fingerprint density at radius 2 is 1.12 bits per heavy atom. The molecule has 0 aromatic rings. The lowest BCUT2D eigenvalue weighted by atomic mass is 10.1. The zero-order valence-electron chi connectivity index (χ0n) is 28.2. The van der Waals surface area contributed by atoms with E-state index in [9.17, 15) is 9.46 Å². The molecule has 0 saturated carbocycles. The molecule has 2 atom stereocenters. The Kier molecular flexibility index (Phi) is 28.8. The summed E-state index contributed by atoms with van der Waals surface area (Å²) in [6, 6.07) is 0. The third-order valence-electron chi connectivity index (χ3n) is 7.16. The molecule has 0 heterocycles. The van der Waals surface area contributed by atoms with Gasteiger partial charge >= 0.3 is 7.82 Å². The van der Waals surface area contributed by atoms with Gasteiger partial charge < -0.3 is 18.9 Å². The van der Waals surface area contributed by atoms with Gasteiger partial charge in [0, 0.05) is 13.7 Å². The Labute approximate surface area is 260 Å². The lowest BCUT2D eigenvalue weighted by Gasteiger charge is -2.25. The van der Waals surface area contributed by atoms with Crippen LogP contribution in [0.4, 0.5) is 0 Å². The van der Waals surface area contributed by atoms with E-state index in [2.05, 4.69) is 31.2 Å². The molecular weight excluding hydrogens is 549 g/mol. The highest BCUT2D eigenvalue weighted by atomic mass is 31.2. The van der Waals surface area contributed by atoms with Crippen LogP contribution in [0.3, 0.4) is 0 Å². The van der Waals surface area contributed by atoms with Crippen molar-refractivity contribution in [3.05, 3.63) is 24.3 Å². The fourth-order valence-electron chi connectivity index (χ4n) is 4.55. The van der Waals surface area contributed by atoms with Gasteiger partial charge in [-0.15, -0.1) is 0 Å². The first kappa shape index (κ1) is 41.5. The number of phosphoric ester groups is 1. The average Bonchev–Trinajstić information content (AvgIpc) is 2.92. The predicted octanol–water partition coefficient (Wildman–Crippen LogP) is 9.40. The Hall–Kier alpha value is -0.530. The van der Waals surface area contributed by atoms with E-state index in [-0.39, 0.29) is 19.8 Å². The minimum Gasteiger partial charge on any atom is -0.382 e. The van der Waals surface area contributed by atoms with E-state index in [0.29, 0.717) is 17.6 Å². The van der Waals surface area contributed by atoms with Crippen molar-refractivity contribution in [2.75, 3.05) is 61.2 Å². The third-order valence-corrected chi connectivity index (χ3v) is 8.24. The first-order valence-corrected chi connectivity index (χ1v) is 18.5. The highest BCUT2D eigenvalue weighted by Crippen LogP contribution is 2.44. The quantitative estimate of drug-likeness (QED) is 0.0350. The number of hydrogen-bond acceptors (Lipinski definition) is 5. The van der Waals surface area contributed by atoms with Crippen molar-refractivity contribution in [1.82, 2.24) is 0 Å². The molecule has 0 rings (SSSR count). The number of allylic oxidation sites excluding steroid dienone is 4. The first-order chi connectivity index (χ1) is 20.2. The van der Waals surface area contributed by atoms with E-state index >= 15 is 0 Å². The van der Waals surface area contributed by atoms with Gasteiger partial charge in [-0.25, -0.2) is 4.57 Å². The summed E-state index contributed by atoms with van der Waals surface area (Å²) in [5.41, 5.74) is 0. The van der Waals surface area contributed by atoms with Crippen LogP contribution in [0.15, 0.2) is 24.3 Å². The Bertz CT molecular complexity index is 679. The van der Waals surface area contributed by atoms with E-state index in [1.165, 1.54) is 103 Å². The van der Waals surface area contributed by atoms with Crippen LogP contribution in [-0.2, 0) is 23.1 Å². The summed E-state index contributed by atoms with van der Waals surface area (Å²) < 4.78 is 34.0. The molecule has 0 aliphatic rings. The van der Waals surface area contributed by atoms with Crippen LogP contribution in [0, 0.1) is 0 Å². The van der Waals surface area contributed by atoms with E-state index < -0.39 is 13.9 Å². The average molecular weight is 619 g/mol. The van der Waals surface area contributed by atoms with E-state index in [4.69, 9.17) is 18.5 Å². The molecule has 0 saturated heterocycles. The fraction of sp³-hybridized carbons (Fsp3) is 0.882. The first-order valence-electron chi connectivity index (χ1n) is 17.0. The summed E-state index contributed by atoms with van der Waals surface area (Å²) in [4.78, 5) is 9.99. The van der Waals surface area contributed by atoms with Crippen molar-refractivity contribution < 1.29 is 32.5 Å². The summed E-state index contributed by atoms with van der Waals surface area (Å²) in [7, 11) is 3.36. The maximum atomic E-state index is 12.2. The molecule has 0 aliphatic heterocycles. The second kappa shape index (κ2) is 29.2. The van der Waals surface area contributed by atoms with Crippen molar-refractivity contribution in [2.24, 2.45) is 0 Å². The monoisotopic (exact) mass is 618 g/mol. The van der Waals surface area contributed by atoms with Crippen molar-refractivity contribution in [3.63, 3.8) is 0 Å². The van der Waals surface area contributed by atoms with E-state index in [1.54, 1.807) is 0 Å². The maximum Gasteiger partial charge on any atom is 0.472 e. The topological polar surface area (TPSA) is 74.2 Å². The second-order valence-electron chi connectivity index (χ2n) is 12.6. The predicted molar refractivity (Wildman–Crippen MR) is 178 cm³/mol. The van der Waals surface area contributed by atoms with Gasteiger partial charge in [-0.3, -0.25) is 9.05 Å². The number of nitrogens with zero attached hydrogens (tertiary/aromatic N) is 1. The number of quaternary nitrogens is 1. The molecule has 0 amide bonds. The van der Waals surface area contributed by atoms with Crippen LogP contribution in [0.2, 0.25) is 0 Å². The van der Waals surface area contributed by atoms with Gasteiger partial charge in [-0.05, 0) is 57.8 Å². The van der Waals surface area contributed by atoms with Crippen LogP contribution >= 0.6 is 7.82 Å². The standard InChI is InChI=1S/C34H68NO6P/c1-6-7-8-9-10-11-12-13-14-15-16-17-18-19-20-21-22-23-24-25-26-27-28-30-39-33-34(32-38-5)41-42(36,37)40-31-29-35(2,3)4/h11-12,23-24,34H,6-10,13-22,25-33H2,1-5H3/p+1/t34-/m0/s1. The van der Waals surface area contributed by atoms with Crippen molar-refractivity contribution in [1.29, 1.82) is 0 Å². The Balaban J connectivity index is 3.56. The molecule has 0 aromatic carbocycles. The minimum absolute atomic E-state index is 0.143. The smallest absolute Gasteiger partial charge is 0.382 e. The van der Waals surface area contributed by atoms with Gasteiger partial charge in [0.15, 0.2) is 0 Å². The van der Waals surface area contributed by atoms with Crippen LogP contribution in [0.1, 0.15) is 129 Å². The Morgan fingerprint density at radius 1 is 0.667 bits per heavy atom. The molecule has 0 aliphatic carbocycles. The largest absolute Gasteiger partial charge is 0.472 e. The molecule has 0 aromatic heterocycles.